The summed E-state index contributed by atoms with van der Waals surface area (Å²) in [6.45, 7) is 0.600. The van der Waals surface area contributed by atoms with Gasteiger partial charge in [0.15, 0.2) is 0 Å². The molecule has 1 aromatic heterocycles. The molecule has 2 nitrogen and oxygen atoms in total. The largest absolute Gasteiger partial charge is 0.491 e. The quantitative estimate of drug-likeness (QED) is 0.656. The number of rotatable bonds is 5. The lowest BCUT2D eigenvalue weighted by molar-refractivity contribution is 0.318. The lowest BCUT2D eigenvalue weighted by atomic mass is 10.2. The molecule has 5 heteroatoms. The van der Waals surface area contributed by atoms with Crippen molar-refractivity contribution in [2.45, 2.75) is 12.3 Å². The predicted octanol–water partition coefficient (Wildman–Crippen LogP) is 4.97. The molecule has 0 atom stereocenters. The molecule has 0 N–H and O–H groups in total. The normalized spacial score (nSPS) is 10.5. The number of alkyl halides is 1. The van der Waals surface area contributed by atoms with E-state index in [0.717, 1.165) is 32.2 Å². The molecular formula is C14H12Br2ClNO. The molecule has 1 heterocycles. The van der Waals surface area contributed by atoms with Crippen LogP contribution in [0.15, 0.2) is 45.6 Å². The Bertz CT molecular complexity index is 525. The molecule has 100 valence electrons. The highest BCUT2D eigenvalue weighted by Crippen LogP contribution is 2.35. The Morgan fingerprint density at radius 2 is 1.89 bits per heavy atom. The van der Waals surface area contributed by atoms with Crippen molar-refractivity contribution in [3.8, 4) is 5.75 Å². The van der Waals surface area contributed by atoms with Crippen molar-refractivity contribution in [3.63, 3.8) is 0 Å². The summed E-state index contributed by atoms with van der Waals surface area (Å²) in [5, 5.41) is 0. The average molecular weight is 406 g/mol. The third kappa shape index (κ3) is 4.20. The minimum Gasteiger partial charge on any atom is -0.491 e. The van der Waals surface area contributed by atoms with Crippen LogP contribution in [0.4, 0.5) is 0 Å². The maximum absolute atomic E-state index is 5.82. The fraction of sp³-hybridized carbons (Fsp3) is 0.214. The van der Waals surface area contributed by atoms with Gasteiger partial charge in [0.25, 0.3) is 0 Å². The summed E-state index contributed by atoms with van der Waals surface area (Å²) < 4.78 is 7.62. The molecule has 0 unspecified atom stereocenters. The van der Waals surface area contributed by atoms with E-state index < -0.39 is 0 Å². The third-order valence-corrected chi connectivity index (χ3v) is 4.06. The van der Waals surface area contributed by atoms with Crippen LogP contribution in [-0.4, -0.2) is 11.6 Å². The van der Waals surface area contributed by atoms with E-state index in [2.05, 4.69) is 36.8 Å². The summed E-state index contributed by atoms with van der Waals surface area (Å²) in [6.07, 6.45) is 4.44. The number of benzene rings is 1. The molecule has 0 radical (unpaired) electrons. The Hall–Kier alpha value is -0.580. The topological polar surface area (TPSA) is 22.1 Å². The van der Waals surface area contributed by atoms with Crippen molar-refractivity contribution >= 4 is 43.5 Å². The summed E-state index contributed by atoms with van der Waals surface area (Å²) in [7, 11) is 0. The van der Waals surface area contributed by atoms with Gasteiger partial charge in [0.1, 0.15) is 5.75 Å². The van der Waals surface area contributed by atoms with E-state index in [1.165, 1.54) is 0 Å². The van der Waals surface area contributed by atoms with Gasteiger partial charge in [-0.25, -0.2) is 0 Å². The van der Waals surface area contributed by atoms with Gasteiger partial charge in [-0.2, -0.15) is 0 Å². The zero-order valence-corrected chi connectivity index (χ0v) is 14.0. The molecule has 0 amide bonds. The second kappa shape index (κ2) is 7.27. The highest BCUT2D eigenvalue weighted by atomic mass is 79.9. The van der Waals surface area contributed by atoms with E-state index in [1.54, 1.807) is 6.20 Å². The standard InChI is InChI=1S/C14H12Br2ClNO/c15-12-6-11(8-17)7-13(16)14(12)19-5-3-10-2-1-4-18-9-10/h1-2,4,6-7,9H,3,5,8H2. The van der Waals surface area contributed by atoms with Crippen molar-refractivity contribution in [2.24, 2.45) is 0 Å². The fourth-order valence-corrected chi connectivity index (χ4v) is 3.31. The van der Waals surface area contributed by atoms with Crippen LogP contribution >= 0.6 is 43.5 Å². The maximum atomic E-state index is 5.82. The second-order valence-corrected chi connectivity index (χ2v) is 5.96. The van der Waals surface area contributed by atoms with Crippen LogP contribution in [0.3, 0.4) is 0 Å². The van der Waals surface area contributed by atoms with E-state index in [-0.39, 0.29) is 0 Å². The molecule has 0 saturated heterocycles. The van der Waals surface area contributed by atoms with Gasteiger partial charge in [0.2, 0.25) is 0 Å². The van der Waals surface area contributed by atoms with Crippen molar-refractivity contribution in [2.75, 3.05) is 6.61 Å². The lowest BCUT2D eigenvalue weighted by Crippen LogP contribution is -2.03. The van der Waals surface area contributed by atoms with Crippen molar-refractivity contribution in [1.82, 2.24) is 4.98 Å². The van der Waals surface area contributed by atoms with Crippen molar-refractivity contribution in [3.05, 3.63) is 56.7 Å². The Morgan fingerprint density at radius 3 is 2.47 bits per heavy atom. The van der Waals surface area contributed by atoms with E-state index >= 15 is 0 Å². The Morgan fingerprint density at radius 1 is 1.16 bits per heavy atom. The average Bonchev–Trinajstić information content (AvgIpc) is 2.42. The maximum Gasteiger partial charge on any atom is 0.147 e. The smallest absolute Gasteiger partial charge is 0.147 e. The first-order chi connectivity index (χ1) is 9.20. The molecule has 0 bridgehead atoms. The number of pyridine rings is 1. The first-order valence-electron chi connectivity index (χ1n) is 5.76. The minimum absolute atomic E-state index is 0.479. The van der Waals surface area contributed by atoms with E-state index in [0.29, 0.717) is 12.5 Å². The highest BCUT2D eigenvalue weighted by Gasteiger charge is 2.08. The van der Waals surface area contributed by atoms with Crippen molar-refractivity contribution < 1.29 is 4.74 Å². The van der Waals surface area contributed by atoms with Crippen LogP contribution in [0.2, 0.25) is 0 Å². The van der Waals surface area contributed by atoms with E-state index in [1.807, 2.05) is 30.5 Å². The van der Waals surface area contributed by atoms with Gasteiger partial charge in [-0.1, -0.05) is 6.07 Å². The van der Waals surface area contributed by atoms with Gasteiger partial charge in [0, 0.05) is 24.7 Å². The molecule has 0 aliphatic heterocycles. The summed E-state index contributed by atoms with van der Waals surface area (Å²) >= 11 is 12.8. The van der Waals surface area contributed by atoms with E-state index in [4.69, 9.17) is 16.3 Å². The minimum atomic E-state index is 0.479. The molecule has 0 fully saturated rings. The van der Waals surface area contributed by atoms with E-state index in [9.17, 15) is 0 Å². The monoisotopic (exact) mass is 403 g/mol. The Kier molecular flexibility index (Phi) is 5.67. The van der Waals surface area contributed by atoms with Gasteiger partial charge < -0.3 is 4.74 Å². The second-order valence-electron chi connectivity index (χ2n) is 3.98. The zero-order chi connectivity index (χ0) is 13.7. The summed E-state index contributed by atoms with van der Waals surface area (Å²) in [4.78, 5) is 4.08. The Labute approximate surface area is 134 Å². The molecule has 0 aliphatic rings. The van der Waals surface area contributed by atoms with Crippen LogP contribution in [-0.2, 0) is 12.3 Å². The molecule has 0 spiro atoms. The molecule has 19 heavy (non-hydrogen) atoms. The number of aromatic nitrogens is 1. The molecule has 0 aliphatic carbocycles. The molecular weight excluding hydrogens is 393 g/mol. The predicted molar refractivity (Wildman–Crippen MR) is 84.8 cm³/mol. The van der Waals surface area contributed by atoms with Gasteiger partial charge >= 0.3 is 0 Å². The number of ether oxygens (including phenoxy) is 1. The lowest BCUT2D eigenvalue weighted by Gasteiger charge is -2.11. The van der Waals surface area contributed by atoms with Crippen LogP contribution in [0, 0.1) is 0 Å². The SMILES string of the molecule is ClCc1cc(Br)c(OCCc2cccnc2)c(Br)c1. The highest BCUT2D eigenvalue weighted by molar-refractivity contribution is 9.11. The fourth-order valence-electron chi connectivity index (χ4n) is 1.64. The van der Waals surface area contributed by atoms with Gasteiger partial charge in [-0.05, 0) is 61.2 Å². The van der Waals surface area contributed by atoms with Crippen LogP contribution in [0.5, 0.6) is 5.75 Å². The number of hydrogen-bond acceptors (Lipinski definition) is 2. The number of hydrogen-bond donors (Lipinski definition) is 0. The van der Waals surface area contributed by atoms with Gasteiger partial charge in [-0.15, -0.1) is 11.6 Å². The van der Waals surface area contributed by atoms with Crippen LogP contribution in [0.1, 0.15) is 11.1 Å². The van der Waals surface area contributed by atoms with Crippen LogP contribution < -0.4 is 4.74 Å². The summed E-state index contributed by atoms with van der Waals surface area (Å²) in [5.41, 5.74) is 2.20. The first kappa shape index (κ1) is 14.8. The Balaban J connectivity index is 2.00. The molecule has 2 aromatic rings. The summed E-state index contributed by atoms with van der Waals surface area (Å²) in [5.74, 6) is 1.28. The van der Waals surface area contributed by atoms with Crippen LogP contribution in [0.25, 0.3) is 0 Å². The van der Waals surface area contributed by atoms with Gasteiger partial charge in [-0.3, -0.25) is 4.98 Å². The number of nitrogens with zero attached hydrogens (tertiary/aromatic N) is 1. The number of halogens is 3. The first-order valence-corrected chi connectivity index (χ1v) is 7.88. The molecule has 0 saturated carbocycles. The third-order valence-electron chi connectivity index (χ3n) is 2.57. The summed E-state index contributed by atoms with van der Waals surface area (Å²) in [6, 6.07) is 7.90. The van der Waals surface area contributed by atoms with Gasteiger partial charge in [0.05, 0.1) is 15.6 Å². The van der Waals surface area contributed by atoms with Crippen molar-refractivity contribution in [1.29, 1.82) is 0 Å². The molecule has 2 rings (SSSR count). The zero-order valence-electron chi connectivity index (χ0n) is 10.1. The molecule has 1 aromatic carbocycles.